The fourth-order valence-corrected chi connectivity index (χ4v) is 7.16. The van der Waals surface area contributed by atoms with Crippen LogP contribution < -0.4 is 5.32 Å². The Kier molecular flexibility index (Phi) is 5.06. The van der Waals surface area contributed by atoms with Gasteiger partial charge in [-0.25, -0.2) is 0 Å². The molecule has 5 fully saturated rings. The molecule has 0 atom stereocenters. The van der Waals surface area contributed by atoms with Gasteiger partial charge in [-0.3, -0.25) is 9.59 Å². The summed E-state index contributed by atoms with van der Waals surface area (Å²) in [6.45, 7) is 1.26. The molecule has 1 saturated heterocycles. The van der Waals surface area contributed by atoms with Gasteiger partial charge >= 0.3 is 0 Å². The summed E-state index contributed by atoms with van der Waals surface area (Å²) in [6.07, 6.45) is 8.90. The van der Waals surface area contributed by atoms with E-state index in [9.17, 15) is 9.59 Å². The topological polar surface area (TPSA) is 49.4 Å². The quantitative estimate of drug-likeness (QED) is 0.732. The number of carbonyl (C=O) groups is 2. The van der Waals surface area contributed by atoms with Crippen molar-refractivity contribution < 1.29 is 9.59 Å². The molecule has 1 heterocycles. The van der Waals surface area contributed by atoms with Gasteiger partial charge in [0.25, 0.3) is 5.91 Å². The second-order valence-corrected chi connectivity index (χ2v) is 10.7. The zero-order valence-corrected chi connectivity index (χ0v) is 18.1. The molecular formula is C23H28Cl2N2O2. The number of nitrogens with zero attached hydrogens (tertiary/aromatic N) is 1. The third-order valence-corrected chi connectivity index (χ3v) is 8.36. The standard InChI is InChI=1S/C23H28Cl2N2O2/c24-17-1-2-20(25)19(10-17)21(28)27-5-3-18(4-6-27)26-22(29)23-11-14-7-15(12-23)9-16(8-14)13-23/h1-2,10,14-16,18H,3-9,11-13H2,(H,26,29). The van der Waals surface area contributed by atoms with E-state index in [-0.39, 0.29) is 17.4 Å². The van der Waals surface area contributed by atoms with Crippen LogP contribution >= 0.6 is 23.2 Å². The Morgan fingerprint density at radius 2 is 1.55 bits per heavy atom. The van der Waals surface area contributed by atoms with E-state index in [2.05, 4.69) is 5.32 Å². The van der Waals surface area contributed by atoms with E-state index in [0.717, 1.165) is 49.9 Å². The van der Waals surface area contributed by atoms with E-state index in [1.165, 1.54) is 19.3 Å². The molecule has 0 unspecified atom stereocenters. The number of hydrogen-bond acceptors (Lipinski definition) is 2. The van der Waals surface area contributed by atoms with Gasteiger partial charge in [-0.1, -0.05) is 23.2 Å². The van der Waals surface area contributed by atoms with Gasteiger partial charge in [0.15, 0.2) is 0 Å². The van der Waals surface area contributed by atoms with Crippen molar-refractivity contribution in [1.29, 1.82) is 0 Å². The first kappa shape index (κ1) is 19.7. The fourth-order valence-electron chi connectivity index (χ4n) is 6.79. The Hall–Kier alpha value is -1.26. The van der Waals surface area contributed by atoms with Crippen molar-refractivity contribution >= 4 is 35.0 Å². The van der Waals surface area contributed by atoms with Crippen molar-refractivity contribution in [3.05, 3.63) is 33.8 Å². The second kappa shape index (κ2) is 7.46. The number of likely N-dealkylation sites (tertiary alicyclic amines) is 1. The van der Waals surface area contributed by atoms with Crippen LogP contribution in [0.2, 0.25) is 10.0 Å². The minimum Gasteiger partial charge on any atom is -0.353 e. The Morgan fingerprint density at radius 1 is 0.966 bits per heavy atom. The fraction of sp³-hybridized carbons (Fsp3) is 0.652. The molecule has 1 N–H and O–H groups in total. The lowest BCUT2D eigenvalue weighted by Crippen LogP contribution is -2.56. The van der Waals surface area contributed by atoms with E-state index < -0.39 is 0 Å². The van der Waals surface area contributed by atoms with Gasteiger partial charge in [0.05, 0.1) is 10.6 Å². The lowest BCUT2D eigenvalue weighted by Gasteiger charge is -2.56. The number of benzene rings is 1. The van der Waals surface area contributed by atoms with Crippen molar-refractivity contribution in [3.63, 3.8) is 0 Å². The lowest BCUT2D eigenvalue weighted by molar-refractivity contribution is -0.147. The van der Waals surface area contributed by atoms with Gasteiger partial charge in [0.2, 0.25) is 5.91 Å². The molecular weight excluding hydrogens is 407 g/mol. The monoisotopic (exact) mass is 434 g/mol. The maximum absolute atomic E-state index is 13.3. The maximum atomic E-state index is 13.3. The highest BCUT2D eigenvalue weighted by Gasteiger charge is 2.54. The van der Waals surface area contributed by atoms with Gasteiger partial charge in [-0.2, -0.15) is 0 Å². The molecule has 1 aromatic carbocycles. The van der Waals surface area contributed by atoms with Crippen LogP contribution in [0.3, 0.4) is 0 Å². The Balaban J connectivity index is 1.19. The molecule has 4 aliphatic carbocycles. The SMILES string of the molecule is O=C(c1cc(Cl)ccc1Cl)N1CCC(NC(=O)C23CC4CC(CC(C4)C2)C3)CC1. The Morgan fingerprint density at radius 3 is 2.14 bits per heavy atom. The molecule has 4 nitrogen and oxygen atoms in total. The minimum absolute atomic E-state index is 0.0802. The first-order valence-electron chi connectivity index (χ1n) is 11.0. The van der Waals surface area contributed by atoms with Crippen molar-refractivity contribution in [2.75, 3.05) is 13.1 Å². The molecule has 0 aromatic heterocycles. The van der Waals surface area contributed by atoms with E-state index in [4.69, 9.17) is 23.2 Å². The molecule has 156 valence electrons. The normalized spacial score (nSPS) is 33.7. The van der Waals surface area contributed by atoms with Crippen LogP contribution in [0.25, 0.3) is 0 Å². The summed E-state index contributed by atoms with van der Waals surface area (Å²) in [4.78, 5) is 27.9. The van der Waals surface area contributed by atoms with Crippen molar-refractivity contribution in [2.24, 2.45) is 23.2 Å². The third-order valence-electron chi connectivity index (χ3n) is 7.80. The number of amides is 2. The summed E-state index contributed by atoms with van der Waals surface area (Å²) < 4.78 is 0. The van der Waals surface area contributed by atoms with Crippen LogP contribution in [-0.4, -0.2) is 35.8 Å². The highest BCUT2D eigenvalue weighted by atomic mass is 35.5. The van der Waals surface area contributed by atoms with E-state index in [1.54, 1.807) is 18.2 Å². The van der Waals surface area contributed by atoms with Crippen LogP contribution in [0.4, 0.5) is 0 Å². The molecule has 1 aliphatic heterocycles. The molecule has 0 radical (unpaired) electrons. The minimum atomic E-state index is -0.101. The van der Waals surface area contributed by atoms with Crippen LogP contribution in [0.1, 0.15) is 61.7 Å². The molecule has 6 heteroatoms. The van der Waals surface area contributed by atoms with Gasteiger partial charge in [0.1, 0.15) is 0 Å². The summed E-state index contributed by atoms with van der Waals surface area (Å²) in [6, 6.07) is 5.14. The molecule has 6 rings (SSSR count). The molecule has 4 bridgehead atoms. The summed E-state index contributed by atoms with van der Waals surface area (Å²) in [5, 5.41) is 4.31. The predicted octanol–water partition coefficient (Wildman–Crippen LogP) is 4.93. The zero-order chi connectivity index (χ0) is 20.2. The number of hydrogen-bond donors (Lipinski definition) is 1. The summed E-state index contributed by atoms with van der Waals surface area (Å²) >= 11 is 12.2. The highest BCUT2D eigenvalue weighted by molar-refractivity contribution is 6.35. The van der Waals surface area contributed by atoms with Gasteiger partial charge in [0, 0.05) is 29.6 Å². The average Bonchev–Trinajstić information content (AvgIpc) is 2.69. The van der Waals surface area contributed by atoms with Crippen LogP contribution in [0.5, 0.6) is 0 Å². The molecule has 2 amide bonds. The van der Waals surface area contributed by atoms with Gasteiger partial charge in [-0.15, -0.1) is 0 Å². The van der Waals surface area contributed by atoms with Crippen LogP contribution in [0.15, 0.2) is 18.2 Å². The molecule has 0 spiro atoms. The number of halogens is 2. The van der Waals surface area contributed by atoms with Crippen molar-refractivity contribution in [1.82, 2.24) is 10.2 Å². The zero-order valence-electron chi connectivity index (χ0n) is 16.6. The molecule has 29 heavy (non-hydrogen) atoms. The molecule has 4 saturated carbocycles. The molecule has 1 aromatic rings. The van der Waals surface area contributed by atoms with Gasteiger partial charge < -0.3 is 10.2 Å². The van der Waals surface area contributed by atoms with E-state index in [0.29, 0.717) is 34.6 Å². The number of nitrogens with one attached hydrogen (secondary N) is 1. The Bertz CT molecular complexity index is 797. The average molecular weight is 435 g/mol. The van der Waals surface area contributed by atoms with Gasteiger partial charge in [-0.05, 0) is 87.3 Å². The van der Waals surface area contributed by atoms with Crippen molar-refractivity contribution in [3.8, 4) is 0 Å². The van der Waals surface area contributed by atoms with E-state index >= 15 is 0 Å². The summed E-state index contributed by atoms with van der Waals surface area (Å²) in [5.41, 5.74) is 0.353. The summed E-state index contributed by atoms with van der Waals surface area (Å²) in [5.74, 6) is 2.53. The lowest BCUT2D eigenvalue weighted by atomic mass is 9.49. The number of carbonyl (C=O) groups excluding carboxylic acids is 2. The number of rotatable bonds is 3. The maximum Gasteiger partial charge on any atom is 0.255 e. The second-order valence-electron chi connectivity index (χ2n) is 9.86. The number of piperidine rings is 1. The van der Waals surface area contributed by atoms with E-state index in [1.807, 2.05) is 4.90 Å². The van der Waals surface area contributed by atoms with Crippen molar-refractivity contribution in [2.45, 2.75) is 57.4 Å². The first-order chi connectivity index (χ1) is 13.9. The molecule has 5 aliphatic rings. The third kappa shape index (κ3) is 3.67. The van der Waals surface area contributed by atoms with Crippen LogP contribution in [0, 0.1) is 23.2 Å². The smallest absolute Gasteiger partial charge is 0.255 e. The van der Waals surface area contributed by atoms with Crippen LogP contribution in [-0.2, 0) is 4.79 Å². The largest absolute Gasteiger partial charge is 0.353 e. The first-order valence-corrected chi connectivity index (χ1v) is 11.7. The highest BCUT2D eigenvalue weighted by Crippen LogP contribution is 2.60. The predicted molar refractivity (Wildman–Crippen MR) is 114 cm³/mol. The summed E-state index contributed by atoms with van der Waals surface area (Å²) in [7, 11) is 0. The Labute approximate surface area is 182 Å².